The molecular weight excluding hydrogens is 296 g/mol. The van der Waals surface area contributed by atoms with E-state index in [1.807, 2.05) is 12.1 Å². The van der Waals surface area contributed by atoms with E-state index in [0.717, 1.165) is 44.1 Å². The third-order valence-electron chi connectivity index (χ3n) is 4.01. The second-order valence-electron chi connectivity index (χ2n) is 6.40. The van der Waals surface area contributed by atoms with Gasteiger partial charge in [0.1, 0.15) is 5.75 Å². The maximum Gasteiger partial charge on any atom is 0.121 e. The van der Waals surface area contributed by atoms with Gasteiger partial charge in [-0.05, 0) is 43.5 Å². The summed E-state index contributed by atoms with van der Waals surface area (Å²) >= 11 is 0. The van der Waals surface area contributed by atoms with E-state index >= 15 is 0 Å². The van der Waals surface area contributed by atoms with Crippen LogP contribution in [0.25, 0.3) is 0 Å². The molecule has 2 aromatic carbocycles. The molecule has 3 heteroatoms. The van der Waals surface area contributed by atoms with Crippen LogP contribution in [0.2, 0.25) is 0 Å². The quantitative estimate of drug-likeness (QED) is 0.661. The lowest BCUT2D eigenvalue weighted by molar-refractivity contribution is 0.289. The van der Waals surface area contributed by atoms with Crippen LogP contribution in [0.15, 0.2) is 54.6 Å². The van der Waals surface area contributed by atoms with Crippen LogP contribution >= 0.6 is 0 Å². The number of anilines is 2. The highest BCUT2D eigenvalue weighted by molar-refractivity contribution is 5.49. The number of hydrogen-bond acceptors (Lipinski definition) is 3. The molecule has 0 fully saturated rings. The van der Waals surface area contributed by atoms with Gasteiger partial charge in [0.2, 0.25) is 0 Å². The molecule has 2 aromatic rings. The Labute approximate surface area is 146 Å². The van der Waals surface area contributed by atoms with Crippen LogP contribution in [-0.4, -0.2) is 26.2 Å². The monoisotopic (exact) mass is 326 g/mol. The molecule has 0 unspecified atom stereocenters. The second-order valence-corrected chi connectivity index (χ2v) is 6.40. The molecule has 0 bridgehead atoms. The van der Waals surface area contributed by atoms with Crippen LogP contribution in [0.3, 0.4) is 0 Å². The van der Waals surface area contributed by atoms with Crippen LogP contribution in [0, 0.1) is 5.92 Å². The number of likely N-dealkylation sites (N-methyl/N-ethyl adjacent to an activating group) is 1. The first-order valence-electron chi connectivity index (χ1n) is 8.95. The van der Waals surface area contributed by atoms with Gasteiger partial charge in [-0.1, -0.05) is 38.1 Å². The highest BCUT2D eigenvalue weighted by Gasteiger charge is 2.03. The van der Waals surface area contributed by atoms with E-state index in [9.17, 15) is 0 Å². The zero-order valence-corrected chi connectivity index (χ0v) is 15.2. The molecule has 130 valence electrons. The lowest BCUT2D eigenvalue weighted by Gasteiger charge is -2.23. The molecule has 0 heterocycles. The van der Waals surface area contributed by atoms with Gasteiger partial charge >= 0.3 is 0 Å². The molecule has 24 heavy (non-hydrogen) atoms. The summed E-state index contributed by atoms with van der Waals surface area (Å²) in [5.74, 6) is 1.61. The summed E-state index contributed by atoms with van der Waals surface area (Å²) in [4.78, 5) is 2.37. The van der Waals surface area contributed by atoms with E-state index < -0.39 is 0 Å². The van der Waals surface area contributed by atoms with Gasteiger partial charge in [0.25, 0.3) is 0 Å². The van der Waals surface area contributed by atoms with Crippen molar-refractivity contribution >= 4 is 11.4 Å². The average Bonchev–Trinajstić information content (AvgIpc) is 2.60. The summed E-state index contributed by atoms with van der Waals surface area (Å²) in [7, 11) is 0. The van der Waals surface area contributed by atoms with Crippen LogP contribution in [0.5, 0.6) is 5.75 Å². The summed E-state index contributed by atoms with van der Waals surface area (Å²) < 4.78 is 5.82. The van der Waals surface area contributed by atoms with E-state index in [4.69, 9.17) is 4.74 Å². The Morgan fingerprint density at radius 2 is 1.83 bits per heavy atom. The molecule has 0 saturated carbocycles. The molecule has 0 atom stereocenters. The van der Waals surface area contributed by atoms with Gasteiger partial charge < -0.3 is 15.0 Å². The van der Waals surface area contributed by atoms with Crippen molar-refractivity contribution in [1.29, 1.82) is 0 Å². The molecule has 0 amide bonds. The number of rotatable bonds is 10. The smallest absolute Gasteiger partial charge is 0.121 e. The molecule has 0 aromatic heterocycles. The molecule has 3 nitrogen and oxygen atoms in total. The predicted octanol–water partition coefficient (Wildman–Crippen LogP) is 5.05. The molecule has 2 rings (SSSR count). The number of para-hydroxylation sites is 1. The number of benzene rings is 2. The highest BCUT2D eigenvalue weighted by atomic mass is 16.5. The average molecular weight is 326 g/mol. The van der Waals surface area contributed by atoms with Crippen molar-refractivity contribution in [2.24, 2.45) is 5.92 Å². The Morgan fingerprint density at radius 1 is 1.04 bits per heavy atom. The Hall–Kier alpha value is -2.16. The maximum atomic E-state index is 5.82. The second kappa shape index (κ2) is 9.86. The Balaban J connectivity index is 1.81. The van der Waals surface area contributed by atoms with Crippen molar-refractivity contribution in [2.45, 2.75) is 27.2 Å². The highest BCUT2D eigenvalue weighted by Crippen LogP contribution is 2.18. The number of nitrogens with one attached hydrogen (secondary N) is 1. The largest absolute Gasteiger partial charge is 0.494 e. The van der Waals surface area contributed by atoms with Gasteiger partial charge in [-0.25, -0.2) is 0 Å². The van der Waals surface area contributed by atoms with Crippen LogP contribution in [-0.2, 0) is 0 Å². The van der Waals surface area contributed by atoms with Crippen LogP contribution in [0.4, 0.5) is 11.4 Å². The van der Waals surface area contributed by atoms with Crippen molar-refractivity contribution in [1.82, 2.24) is 0 Å². The molecule has 0 saturated heterocycles. The van der Waals surface area contributed by atoms with Crippen molar-refractivity contribution < 1.29 is 4.74 Å². The van der Waals surface area contributed by atoms with Crippen molar-refractivity contribution in [2.75, 3.05) is 36.5 Å². The van der Waals surface area contributed by atoms with E-state index in [0.29, 0.717) is 5.92 Å². The van der Waals surface area contributed by atoms with E-state index in [-0.39, 0.29) is 0 Å². The van der Waals surface area contributed by atoms with Gasteiger partial charge in [0.15, 0.2) is 0 Å². The zero-order chi connectivity index (χ0) is 17.2. The lowest BCUT2D eigenvalue weighted by atomic mass is 10.1. The van der Waals surface area contributed by atoms with Gasteiger partial charge in [-0.15, -0.1) is 0 Å². The predicted molar refractivity (Wildman–Crippen MR) is 104 cm³/mol. The van der Waals surface area contributed by atoms with Crippen LogP contribution < -0.4 is 15.0 Å². The first-order chi connectivity index (χ1) is 11.7. The molecule has 0 radical (unpaired) electrons. The van der Waals surface area contributed by atoms with Gasteiger partial charge in [-0.2, -0.15) is 0 Å². The number of hydrogen-bond donors (Lipinski definition) is 1. The Morgan fingerprint density at radius 3 is 2.54 bits per heavy atom. The number of nitrogens with zero attached hydrogens (tertiary/aromatic N) is 1. The molecular formula is C21H30N2O. The third kappa shape index (κ3) is 6.15. The first kappa shape index (κ1) is 18.2. The van der Waals surface area contributed by atoms with Crippen molar-refractivity contribution in [3.63, 3.8) is 0 Å². The molecule has 1 N–H and O–H groups in total. The van der Waals surface area contributed by atoms with E-state index in [1.54, 1.807) is 0 Å². The summed E-state index contributed by atoms with van der Waals surface area (Å²) in [5, 5.41) is 3.50. The minimum atomic E-state index is 0.671. The molecule has 0 aliphatic carbocycles. The van der Waals surface area contributed by atoms with Crippen molar-refractivity contribution in [3.05, 3.63) is 54.6 Å². The third-order valence-corrected chi connectivity index (χ3v) is 4.01. The van der Waals surface area contributed by atoms with Crippen LogP contribution in [0.1, 0.15) is 27.2 Å². The number of ether oxygens (including phenoxy) is 1. The summed E-state index contributed by atoms with van der Waals surface area (Å²) in [5.41, 5.74) is 2.38. The molecule has 0 aliphatic rings. The Bertz CT molecular complexity index is 583. The first-order valence-corrected chi connectivity index (χ1v) is 8.95. The summed E-state index contributed by atoms with van der Waals surface area (Å²) in [6.45, 7) is 10.3. The minimum absolute atomic E-state index is 0.671. The zero-order valence-electron chi connectivity index (χ0n) is 15.2. The van der Waals surface area contributed by atoms with Gasteiger partial charge in [0, 0.05) is 37.1 Å². The summed E-state index contributed by atoms with van der Waals surface area (Å²) in [6.07, 6.45) is 1.08. The molecule has 0 aliphatic heterocycles. The topological polar surface area (TPSA) is 24.5 Å². The standard InChI is InChI=1S/C21H30N2O/c1-4-23(20-10-6-5-7-11-20)15-14-22-19-9-8-12-21(17-19)24-16-13-18(2)3/h5-12,17-18,22H,4,13-16H2,1-3H3. The fourth-order valence-electron chi connectivity index (χ4n) is 2.55. The Kier molecular flexibility index (Phi) is 7.47. The maximum absolute atomic E-state index is 5.82. The van der Waals surface area contributed by atoms with Gasteiger partial charge in [0.05, 0.1) is 6.61 Å². The summed E-state index contributed by atoms with van der Waals surface area (Å²) in [6, 6.07) is 18.8. The molecule has 0 spiro atoms. The minimum Gasteiger partial charge on any atom is -0.494 e. The normalized spacial score (nSPS) is 10.7. The van der Waals surface area contributed by atoms with Crippen molar-refractivity contribution in [3.8, 4) is 5.75 Å². The SMILES string of the molecule is CCN(CCNc1cccc(OCCC(C)C)c1)c1ccccc1. The fourth-order valence-corrected chi connectivity index (χ4v) is 2.55. The van der Waals surface area contributed by atoms with E-state index in [1.165, 1.54) is 5.69 Å². The fraction of sp³-hybridized carbons (Fsp3) is 0.429. The van der Waals surface area contributed by atoms with Gasteiger partial charge in [-0.3, -0.25) is 0 Å². The lowest BCUT2D eigenvalue weighted by Crippen LogP contribution is -2.28. The van der Waals surface area contributed by atoms with E-state index in [2.05, 4.69) is 73.5 Å².